The van der Waals surface area contributed by atoms with Crippen LogP contribution < -0.4 is 4.90 Å². The first-order valence-corrected chi connectivity index (χ1v) is 7.07. The van der Waals surface area contributed by atoms with Gasteiger partial charge in [0.1, 0.15) is 17.7 Å². The fraction of sp³-hybridized carbons (Fsp3) is 0.643. The molecular formula is C14H22N4O2. The van der Waals surface area contributed by atoms with Crippen molar-refractivity contribution in [2.24, 2.45) is 0 Å². The van der Waals surface area contributed by atoms with Crippen molar-refractivity contribution in [2.45, 2.75) is 33.2 Å². The third-order valence-corrected chi connectivity index (χ3v) is 3.78. The fourth-order valence-electron chi connectivity index (χ4n) is 2.45. The molecule has 1 N–H and O–H groups in total. The van der Waals surface area contributed by atoms with E-state index in [1.807, 2.05) is 17.9 Å². The van der Waals surface area contributed by atoms with E-state index in [0.717, 1.165) is 49.9 Å². The second-order valence-electron chi connectivity index (χ2n) is 5.16. The lowest BCUT2D eigenvalue weighted by Gasteiger charge is -2.37. The zero-order valence-electron chi connectivity index (χ0n) is 12.3. The number of hydrogen-bond donors (Lipinski definition) is 1. The zero-order valence-corrected chi connectivity index (χ0v) is 12.3. The van der Waals surface area contributed by atoms with E-state index in [4.69, 9.17) is 5.11 Å². The Labute approximate surface area is 119 Å². The Morgan fingerprint density at radius 1 is 1.35 bits per heavy atom. The van der Waals surface area contributed by atoms with E-state index in [-0.39, 0.29) is 0 Å². The molecule has 0 amide bonds. The summed E-state index contributed by atoms with van der Waals surface area (Å²) >= 11 is 0. The Morgan fingerprint density at radius 2 is 2.00 bits per heavy atom. The van der Waals surface area contributed by atoms with Crippen molar-refractivity contribution in [3.63, 3.8) is 0 Å². The Morgan fingerprint density at radius 3 is 2.55 bits per heavy atom. The largest absolute Gasteiger partial charge is 0.480 e. The number of rotatable bonds is 4. The molecule has 0 spiro atoms. The molecule has 6 heteroatoms. The number of piperazine rings is 1. The number of aromatic nitrogens is 2. The standard InChI is InChI=1S/C14H22N4O2/c1-4-12-9-13(16-11(3)15-12)18-7-5-17(6-8-18)10(2)14(19)20/h9-10H,4-8H2,1-3H3,(H,19,20). The highest BCUT2D eigenvalue weighted by Gasteiger charge is 2.25. The summed E-state index contributed by atoms with van der Waals surface area (Å²) < 4.78 is 0. The van der Waals surface area contributed by atoms with Gasteiger partial charge in [0.2, 0.25) is 0 Å². The van der Waals surface area contributed by atoms with E-state index in [0.29, 0.717) is 0 Å². The molecule has 1 atom stereocenters. The molecule has 1 fully saturated rings. The summed E-state index contributed by atoms with van der Waals surface area (Å²) in [5.74, 6) is 0.988. The van der Waals surface area contributed by atoms with Gasteiger partial charge in [-0.25, -0.2) is 9.97 Å². The smallest absolute Gasteiger partial charge is 0.320 e. The van der Waals surface area contributed by atoms with Gasteiger partial charge in [0.15, 0.2) is 0 Å². The van der Waals surface area contributed by atoms with Crippen LogP contribution >= 0.6 is 0 Å². The third kappa shape index (κ3) is 3.25. The van der Waals surface area contributed by atoms with Gasteiger partial charge in [-0.15, -0.1) is 0 Å². The molecule has 2 heterocycles. The normalized spacial score (nSPS) is 18.1. The molecule has 0 aromatic carbocycles. The number of carboxylic acid groups (broad SMARTS) is 1. The quantitative estimate of drug-likeness (QED) is 0.884. The zero-order chi connectivity index (χ0) is 14.7. The van der Waals surface area contributed by atoms with Crippen molar-refractivity contribution in [3.8, 4) is 0 Å². The summed E-state index contributed by atoms with van der Waals surface area (Å²) in [4.78, 5) is 24.1. The lowest BCUT2D eigenvalue weighted by molar-refractivity contribution is -0.142. The Bertz CT molecular complexity index is 484. The lowest BCUT2D eigenvalue weighted by atomic mass is 10.2. The van der Waals surface area contributed by atoms with Crippen molar-refractivity contribution in [1.82, 2.24) is 14.9 Å². The van der Waals surface area contributed by atoms with Gasteiger partial charge >= 0.3 is 5.97 Å². The van der Waals surface area contributed by atoms with Gasteiger partial charge in [-0.3, -0.25) is 9.69 Å². The first-order valence-electron chi connectivity index (χ1n) is 7.07. The van der Waals surface area contributed by atoms with Crippen LogP contribution in [0.15, 0.2) is 6.07 Å². The van der Waals surface area contributed by atoms with Crippen molar-refractivity contribution < 1.29 is 9.90 Å². The molecule has 1 aliphatic heterocycles. The number of carbonyl (C=O) groups is 1. The number of aryl methyl sites for hydroxylation is 2. The van der Waals surface area contributed by atoms with Crippen LogP contribution in [0.3, 0.4) is 0 Å². The maximum atomic E-state index is 11.0. The van der Waals surface area contributed by atoms with Crippen LogP contribution in [0.1, 0.15) is 25.4 Å². The molecule has 0 bridgehead atoms. The summed E-state index contributed by atoms with van der Waals surface area (Å²) in [5.41, 5.74) is 1.05. The molecule has 1 unspecified atom stereocenters. The van der Waals surface area contributed by atoms with E-state index in [1.54, 1.807) is 6.92 Å². The topological polar surface area (TPSA) is 69.6 Å². The van der Waals surface area contributed by atoms with Gasteiger partial charge in [-0.2, -0.15) is 0 Å². The maximum absolute atomic E-state index is 11.0. The fourth-order valence-corrected chi connectivity index (χ4v) is 2.45. The highest BCUT2D eigenvalue weighted by atomic mass is 16.4. The first kappa shape index (κ1) is 14.7. The van der Waals surface area contributed by atoms with Gasteiger partial charge in [0, 0.05) is 37.9 Å². The van der Waals surface area contributed by atoms with Gasteiger partial charge in [0.05, 0.1) is 0 Å². The maximum Gasteiger partial charge on any atom is 0.320 e. The third-order valence-electron chi connectivity index (χ3n) is 3.78. The molecule has 0 saturated carbocycles. The van der Waals surface area contributed by atoms with Crippen LogP contribution in [0.2, 0.25) is 0 Å². The Kier molecular flexibility index (Phi) is 4.54. The van der Waals surface area contributed by atoms with E-state index in [1.165, 1.54) is 0 Å². The number of hydrogen-bond acceptors (Lipinski definition) is 5. The molecule has 20 heavy (non-hydrogen) atoms. The van der Waals surface area contributed by atoms with E-state index >= 15 is 0 Å². The molecular weight excluding hydrogens is 256 g/mol. The molecule has 0 aliphatic carbocycles. The van der Waals surface area contributed by atoms with E-state index in [2.05, 4.69) is 21.8 Å². The van der Waals surface area contributed by atoms with Crippen LogP contribution in [-0.2, 0) is 11.2 Å². The minimum Gasteiger partial charge on any atom is -0.480 e. The van der Waals surface area contributed by atoms with Crippen molar-refractivity contribution in [2.75, 3.05) is 31.1 Å². The predicted molar refractivity (Wildman–Crippen MR) is 77.0 cm³/mol. The molecule has 1 aliphatic rings. The van der Waals surface area contributed by atoms with Gasteiger partial charge in [-0.1, -0.05) is 6.92 Å². The number of aliphatic carboxylic acids is 1. The van der Waals surface area contributed by atoms with Crippen molar-refractivity contribution in [3.05, 3.63) is 17.6 Å². The van der Waals surface area contributed by atoms with Crippen LogP contribution in [-0.4, -0.2) is 58.2 Å². The number of nitrogens with zero attached hydrogens (tertiary/aromatic N) is 4. The van der Waals surface area contributed by atoms with Crippen LogP contribution in [0.25, 0.3) is 0 Å². The molecule has 1 aromatic rings. The molecule has 6 nitrogen and oxygen atoms in total. The highest BCUT2D eigenvalue weighted by molar-refractivity contribution is 5.72. The molecule has 0 radical (unpaired) electrons. The second-order valence-corrected chi connectivity index (χ2v) is 5.16. The minimum atomic E-state index is -0.760. The number of anilines is 1. The Hall–Kier alpha value is -1.69. The molecule has 1 aromatic heterocycles. The molecule has 2 rings (SSSR count). The highest BCUT2D eigenvalue weighted by Crippen LogP contribution is 2.16. The van der Waals surface area contributed by atoms with Crippen molar-refractivity contribution >= 4 is 11.8 Å². The van der Waals surface area contributed by atoms with Gasteiger partial charge in [0.25, 0.3) is 0 Å². The van der Waals surface area contributed by atoms with Crippen LogP contribution in [0, 0.1) is 6.92 Å². The monoisotopic (exact) mass is 278 g/mol. The average molecular weight is 278 g/mol. The molecule has 1 saturated heterocycles. The van der Waals surface area contributed by atoms with E-state index in [9.17, 15) is 4.79 Å². The summed E-state index contributed by atoms with van der Waals surface area (Å²) in [6.45, 7) is 8.83. The summed E-state index contributed by atoms with van der Waals surface area (Å²) in [5, 5.41) is 9.05. The summed E-state index contributed by atoms with van der Waals surface area (Å²) in [6.07, 6.45) is 0.895. The SMILES string of the molecule is CCc1cc(N2CCN(C(C)C(=O)O)CC2)nc(C)n1. The minimum absolute atomic E-state index is 0.421. The molecule has 110 valence electrons. The number of carboxylic acids is 1. The van der Waals surface area contributed by atoms with Crippen LogP contribution in [0.4, 0.5) is 5.82 Å². The van der Waals surface area contributed by atoms with Crippen molar-refractivity contribution in [1.29, 1.82) is 0 Å². The first-order chi connectivity index (χ1) is 9.51. The predicted octanol–water partition coefficient (Wildman–Crippen LogP) is 0.943. The van der Waals surface area contributed by atoms with Gasteiger partial charge in [-0.05, 0) is 20.3 Å². The summed E-state index contributed by atoms with van der Waals surface area (Å²) in [7, 11) is 0. The Balaban J connectivity index is 2.03. The lowest BCUT2D eigenvalue weighted by Crippen LogP contribution is -2.52. The van der Waals surface area contributed by atoms with Crippen LogP contribution in [0.5, 0.6) is 0 Å². The summed E-state index contributed by atoms with van der Waals surface area (Å²) in [6, 6.07) is 1.61. The van der Waals surface area contributed by atoms with Gasteiger partial charge < -0.3 is 10.0 Å². The second kappa shape index (κ2) is 6.17. The average Bonchev–Trinajstić information content (AvgIpc) is 2.45. The van der Waals surface area contributed by atoms with E-state index < -0.39 is 12.0 Å².